The lowest BCUT2D eigenvalue weighted by molar-refractivity contribution is -0.192. The van der Waals surface area contributed by atoms with E-state index in [1.165, 1.54) is 12.1 Å². The number of halogens is 5. The number of nitrogens with zero attached hydrogens (tertiary/aromatic N) is 3. The van der Waals surface area contributed by atoms with Gasteiger partial charge in [0, 0.05) is 43.4 Å². The fraction of sp³-hybridized carbons (Fsp3) is 0.276. The largest absolute Gasteiger partial charge is 0.492 e. The normalized spacial score (nSPS) is 14.0. The number of guanidine groups is 1. The van der Waals surface area contributed by atoms with E-state index >= 15 is 0 Å². The summed E-state index contributed by atoms with van der Waals surface area (Å²) in [5.74, 6) is -2.59. The summed E-state index contributed by atoms with van der Waals surface area (Å²) in [5, 5.41) is 20.4. The lowest BCUT2D eigenvalue weighted by Gasteiger charge is -2.36. The molecule has 0 spiro atoms. The summed E-state index contributed by atoms with van der Waals surface area (Å²) in [6.45, 7) is 4.90. The highest BCUT2D eigenvalue weighted by molar-refractivity contribution is 6.30. The van der Waals surface area contributed by atoms with Crippen molar-refractivity contribution in [2.75, 3.05) is 44.6 Å². The molecule has 14 heteroatoms. The Morgan fingerprint density at radius 3 is 2.16 bits per heavy atom. The molecule has 1 aliphatic heterocycles. The Labute approximate surface area is 250 Å². The van der Waals surface area contributed by atoms with Gasteiger partial charge in [-0.15, -0.1) is 0 Å². The van der Waals surface area contributed by atoms with Crippen molar-refractivity contribution in [1.29, 1.82) is 0 Å². The summed E-state index contributed by atoms with van der Waals surface area (Å²) in [6, 6.07) is 20.2. The first-order chi connectivity index (χ1) is 20.4. The molecule has 43 heavy (non-hydrogen) atoms. The van der Waals surface area contributed by atoms with Crippen LogP contribution in [-0.2, 0) is 11.3 Å². The SMILES string of the molecule is O=C(O)C(F)(F)F.O=C(O)c1cccc(NC(=NCc2ccc(F)cc2)N2CCN(CCOc3ccc(Cl)cc3)CC2)c1. The maximum absolute atomic E-state index is 13.3. The van der Waals surface area contributed by atoms with Gasteiger partial charge in [-0.3, -0.25) is 4.90 Å². The lowest BCUT2D eigenvalue weighted by atomic mass is 10.2. The Morgan fingerprint density at radius 1 is 0.953 bits per heavy atom. The van der Waals surface area contributed by atoms with E-state index in [0.29, 0.717) is 29.8 Å². The highest BCUT2D eigenvalue weighted by Crippen LogP contribution is 2.17. The van der Waals surface area contributed by atoms with Gasteiger partial charge in [0.05, 0.1) is 12.1 Å². The van der Waals surface area contributed by atoms with Crippen molar-refractivity contribution >= 4 is 35.2 Å². The molecule has 0 radical (unpaired) electrons. The molecular weight excluding hydrogens is 596 g/mol. The van der Waals surface area contributed by atoms with E-state index in [1.54, 1.807) is 30.3 Å². The van der Waals surface area contributed by atoms with Crippen LogP contribution < -0.4 is 10.1 Å². The van der Waals surface area contributed by atoms with Crippen molar-refractivity contribution in [3.05, 3.63) is 94.8 Å². The maximum Gasteiger partial charge on any atom is 0.490 e. The molecule has 0 bridgehead atoms. The van der Waals surface area contributed by atoms with E-state index in [9.17, 15) is 27.5 Å². The van der Waals surface area contributed by atoms with Crippen molar-refractivity contribution in [2.24, 2.45) is 4.99 Å². The fourth-order valence-corrected chi connectivity index (χ4v) is 3.97. The van der Waals surface area contributed by atoms with Gasteiger partial charge in [-0.25, -0.2) is 19.0 Å². The molecule has 3 aromatic carbocycles. The van der Waals surface area contributed by atoms with Crippen LogP contribution in [0.4, 0.5) is 23.2 Å². The number of hydrogen-bond acceptors (Lipinski definition) is 5. The number of carboxylic acid groups (broad SMARTS) is 2. The number of aliphatic imine (C=N–C) groups is 1. The quantitative estimate of drug-likeness (QED) is 0.172. The molecule has 0 aromatic heterocycles. The van der Waals surface area contributed by atoms with Crippen LogP contribution in [-0.4, -0.2) is 83.4 Å². The highest BCUT2D eigenvalue weighted by atomic mass is 35.5. The number of piperazine rings is 1. The number of anilines is 1. The summed E-state index contributed by atoms with van der Waals surface area (Å²) in [7, 11) is 0. The Morgan fingerprint density at radius 2 is 1.58 bits per heavy atom. The number of ether oxygens (including phenoxy) is 1. The van der Waals surface area contributed by atoms with E-state index in [4.69, 9.17) is 31.2 Å². The molecule has 0 amide bonds. The highest BCUT2D eigenvalue weighted by Gasteiger charge is 2.38. The van der Waals surface area contributed by atoms with Crippen molar-refractivity contribution in [3.8, 4) is 5.75 Å². The van der Waals surface area contributed by atoms with E-state index in [2.05, 4.69) is 15.1 Å². The van der Waals surface area contributed by atoms with Gasteiger partial charge >= 0.3 is 18.1 Å². The lowest BCUT2D eigenvalue weighted by Crippen LogP contribution is -2.51. The van der Waals surface area contributed by atoms with Gasteiger partial charge in [0.25, 0.3) is 0 Å². The smallest absolute Gasteiger partial charge is 0.490 e. The van der Waals surface area contributed by atoms with Crippen LogP contribution in [0.15, 0.2) is 77.8 Å². The van der Waals surface area contributed by atoms with Crippen LogP contribution in [0, 0.1) is 5.82 Å². The molecule has 1 saturated heterocycles. The predicted octanol–water partition coefficient (Wildman–Crippen LogP) is 5.48. The van der Waals surface area contributed by atoms with Gasteiger partial charge in [0.15, 0.2) is 5.96 Å². The molecule has 1 fully saturated rings. The summed E-state index contributed by atoms with van der Waals surface area (Å²) in [5.41, 5.74) is 1.72. The molecular formula is C29H29ClF4N4O5. The second-order valence-electron chi connectivity index (χ2n) is 9.21. The molecule has 1 heterocycles. The van der Waals surface area contributed by atoms with Gasteiger partial charge in [-0.05, 0) is 60.2 Å². The Balaban J connectivity index is 0.000000646. The Kier molecular flexibility index (Phi) is 12.1. The zero-order valence-corrected chi connectivity index (χ0v) is 23.5. The number of carbonyl (C=O) groups is 2. The summed E-state index contributed by atoms with van der Waals surface area (Å²) >= 11 is 5.92. The molecule has 230 valence electrons. The molecule has 9 nitrogen and oxygen atoms in total. The number of nitrogens with one attached hydrogen (secondary N) is 1. The monoisotopic (exact) mass is 624 g/mol. The number of aliphatic carboxylic acids is 1. The zero-order valence-electron chi connectivity index (χ0n) is 22.7. The van der Waals surface area contributed by atoms with E-state index in [1.807, 2.05) is 30.3 Å². The van der Waals surface area contributed by atoms with Crippen LogP contribution in [0.25, 0.3) is 0 Å². The molecule has 3 aromatic rings. The fourth-order valence-electron chi connectivity index (χ4n) is 3.84. The summed E-state index contributed by atoms with van der Waals surface area (Å²) < 4.78 is 50.8. The topological polar surface area (TPSA) is 115 Å². The minimum absolute atomic E-state index is 0.198. The van der Waals surface area contributed by atoms with Crippen molar-refractivity contribution in [2.45, 2.75) is 12.7 Å². The molecule has 3 N–H and O–H groups in total. The predicted molar refractivity (Wildman–Crippen MR) is 153 cm³/mol. The van der Waals surface area contributed by atoms with Crippen LogP contribution >= 0.6 is 11.6 Å². The first kappa shape index (κ1) is 33.1. The first-order valence-corrected chi connectivity index (χ1v) is 13.3. The number of carboxylic acids is 2. The molecule has 1 aliphatic rings. The second kappa shape index (κ2) is 15.8. The van der Waals surface area contributed by atoms with Crippen LogP contribution in [0.5, 0.6) is 5.75 Å². The third kappa shape index (κ3) is 11.4. The number of alkyl halides is 3. The van der Waals surface area contributed by atoms with E-state index < -0.39 is 18.1 Å². The minimum Gasteiger partial charge on any atom is -0.492 e. The van der Waals surface area contributed by atoms with Gasteiger partial charge in [-0.1, -0.05) is 29.8 Å². The standard InChI is InChI=1S/C27H28ClFN4O3.C2HF3O2/c28-22-6-10-25(11-7-22)36-17-16-32-12-14-33(15-13-32)27(30-19-20-4-8-23(29)9-5-20)31-24-3-1-2-21(18-24)26(34)35;3-2(4,5)1(6)7/h1-11,18H,12-17,19H2,(H,30,31)(H,34,35);(H,6,7). The molecule has 0 aliphatic carbocycles. The number of aromatic carboxylic acids is 1. The minimum atomic E-state index is -5.08. The van der Waals surface area contributed by atoms with Crippen LogP contribution in [0.2, 0.25) is 5.02 Å². The summed E-state index contributed by atoms with van der Waals surface area (Å²) in [6.07, 6.45) is -5.08. The Hall–Kier alpha value is -4.36. The number of rotatable bonds is 8. The third-order valence-corrected chi connectivity index (χ3v) is 6.35. The van der Waals surface area contributed by atoms with Gasteiger partial charge in [-0.2, -0.15) is 13.2 Å². The van der Waals surface area contributed by atoms with Crippen molar-refractivity contribution < 1.29 is 42.1 Å². The third-order valence-electron chi connectivity index (χ3n) is 6.09. The van der Waals surface area contributed by atoms with Crippen LogP contribution in [0.1, 0.15) is 15.9 Å². The van der Waals surface area contributed by atoms with Gasteiger partial charge in [0.2, 0.25) is 0 Å². The summed E-state index contributed by atoms with van der Waals surface area (Å²) in [4.78, 5) is 29.5. The average Bonchev–Trinajstić information content (AvgIpc) is 2.97. The van der Waals surface area contributed by atoms with Gasteiger partial charge < -0.3 is 25.2 Å². The molecule has 0 atom stereocenters. The van der Waals surface area contributed by atoms with Crippen molar-refractivity contribution in [1.82, 2.24) is 9.80 Å². The molecule has 0 unspecified atom stereocenters. The number of hydrogen-bond donors (Lipinski definition) is 3. The zero-order chi connectivity index (χ0) is 31.4. The molecule has 0 saturated carbocycles. The average molecular weight is 625 g/mol. The maximum atomic E-state index is 13.3. The van der Waals surface area contributed by atoms with Gasteiger partial charge in [0.1, 0.15) is 18.2 Å². The van der Waals surface area contributed by atoms with Crippen LogP contribution in [0.3, 0.4) is 0 Å². The van der Waals surface area contributed by atoms with E-state index in [-0.39, 0.29) is 11.4 Å². The molecule has 4 rings (SSSR count). The first-order valence-electron chi connectivity index (χ1n) is 13.0. The van der Waals surface area contributed by atoms with E-state index in [0.717, 1.165) is 44.0 Å². The second-order valence-corrected chi connectivity index (χ2v) is 9.65. The Bertz CT molecular complexity index is 1380. The number of benzene rings is 3. The van der Waals surface area contributed by atoms with Crippen molar-refractivity contribution in [3.63, 3.8) is 0 Å².